The lowest BCUT2D eigenvalue weighted by Crippen LogP contribution is -2.03. The fourth-order valence-corrected chi connectivity index (χ4v) is 10.6. The summed E-state index contributed by atoms with van der Waals surface area (Å²) >= 11 is 1.84. The summed E-state index contributed by atoms with van der Waals surface area (Å²) in [5, 5.41) is 8.37. The minimum Gasteiger partial charge on any atom is -0.308 e. The number of para-hydroxylation sites is 4. The van der Waals surface area contributed by atoms with Crippen molar-refractivity contribution in [1.29, 1.82) is 0 Å². The zero-order chi connectivity index (χ0) is 35.8. The van der Waals surface area contributed by atoms with Crippen molar-refractivity contribution in [3.05, 3.63) is 170 Å². The lowest BCUT2D eigenvalue weighted by molar-refractivity contribution is 1.01. The molecule has 5 heterocycles. The van der Waals surface area contributed by atoms with Gasteiger partial charge in [-0.1, -0.05) is 133 Å². The van der Waals surface area contributed by atoms with E-state index >= 15 is 0 Å². The molecule has 13 rings (SSSR count). The maximum atomic E-state index is 5.54. The van der Waals surface area contributed by atoms with Crippen LogP contribution in [-0.2, 0) is 0 Å². The van der Waals surface area contributed by atoms with Crippen molar-refractivity contribution in [3.63, 3.8) is 0 Å². The van der Waals surface area contributed by atoms with Gasteiger partial charge in [-0.3, -0.25) is 4.57 Å². The minimum absolute atomic E-state index is 0.669. The van der Waals surface area contributed by atoms with Crippen LogP contribution in [0.2, 0.25) is 0 Å². The van der Waals surface area contributed by atoms with Crippen LogP contribution in [0.25, 0.3) is 120 Å². The van der Waals surface area contributed by atoms with Gasteiger partial charge in [0.2, 0.25) is 5.95 Å². The molecule has 12 aromatic rings. The molecule has 1 aliphatic rings. The topological polar surface area (TPSA) is 35.6 Å². The average molecular weight is 717 g/mol. The molecule has 0 unspecified atom stereocenters. The van der Waals surface area contributed by atoms with Gasteiger partial charge in [0.25, 0.3) is 0 Å². The van der Waals surface area contributed by atoms with E-state index in [9.17, 15) is 0 Å². The van der Waals surface area contributed by atoms with Crippen LogP contribution < -0.4 is 0 Å². The molecular weight excluding hydrogens is 689 g/mol. The van der Waals surface area contributed by atoms with E-state index < -0.39 is 0 Å². The molecule has 0 saturated carbocycles. The highest BCUT2D eigenvalue weighted by Crippen LogP contribution is 2.48. The van der Waals surface area contributed by atoms with E-state index in [2.05, 4.69) is 179 Å². The van der Waals surface area contributed by atoms with Gasteiger partial charge in [-0.25, -0.2) is 9.97 Å². The van der Waals surface area contributed by atoms with Crippen molar-refractivity contribution in [1.82, 2.24) is 19.1 Å². The molecule has 0 fully saturated rings. The second-order valence-electron chi connectivity index (χ2n) is 14.5. The van der Waals surface area contributed by atoms with E-state index in [1.54, 1.807) is 0 Å². The minimum atomic E-state index is 0.669. The third kappa shape index (κ3) is 3.89. The van der Waals surface area contributed by atoms with E-state index in [4.69, 9.17) is 9.97 Å². The molecule has 5 heteroatoms. The van der Waals surface area contributed by atoms with E-state index in [1.807, 2.05) is 11.3 Å². The number of nitrogens with zero attached hydrogens (tertiary/aromatic N) is 4. The molecule has 4 aromatic heterocycles. The molecule has 0 spiro atoms. The van der Waals surface area contributed by atoms with Gasteiger partial charge in [-0.15, -0.1) is 11.3 Å². The Hall–Kier alpha value is -7.08. The molecule has 0 N–H and O–H groups in total. The summed E-state index contributed by atoms with van der Waals surface area (Å²) in [5.74, 6) is 0.669. The zero-order valence-electron chi connectivity index (χ0n) is 29.4. The summed E-state index contributed by atoms with van der Waals surface area (Å²) in [5.41, 5.74) is 13.8. The highest BCUT2D eigenvalue weighted by Gasteiger charge is 2.26. The van der Waals surface area contributed by atoms with E-state index in [0.29, 0.717) is 5.95 Å². The van der Waals surface area contributed by atoms with Crippen LogP contribution in [0.15, 0.2) is 170 Å². The van der Waals surface area contributed by atoms with Crippen molar-refractivity contribution in [2.75, 3.05) is 0 Å². The summed E-state index contributed by atoms with van der Waals surface area (Å²) in [4.78, 5) is 10.9. The molecule has 1 aliphatic heterocycles. The Bertz CT molecular complexity index is 3620. The quantitative estimate of drug-likeness (QED) is 0.179. The Kier molecular flexibility index (Phi) is 5.74. The summed E-state index contributed by atoms with van der Waals surface area (Å²) in [6.07, 6.45) is 0. The number of hydrogen-bond donors (Lipinski definition) is 0. The zero-order valence-corrected chi connectivity index (χ0v) is 30.2. The Labute approximate surface area is 318 Å². The van der Waals surface area contributed by atoms with Gasteiger partial charge in [-0.2, -0.15) is 0 Å². The third-order valence-electron chi connectivity index (χ3n) is 11.7. The maximum Gasteiger partial charge on any atom is 0.235 e. The first-order chi connectivity index (χ1) is 27.3. The van der Waals surface area contributed by atoms with Gasteiger partial charge < -0.3 is 4.57 Å². The summed E-state index contributed by atoms with van der Waals surface area (Å²) in [6, 6.07) is 61.7. The summed E-state index contributed by atoms with van der Waals surface area (Å²) in [7, 11) is 0. The van der Waals surface area contributed by atoms with Crippen molar-refractivity contribution in [2.45, 2.75) is 0 Å². The number of benzene rings is 8. The van der Waals surface area contributed by atoms with Gasteiger partial charge in [0, 0.05) is 63.8 Å². The molecule has 0 atom stereocenters. The van der Waals surface area contributed by atoms with E-state index in [0.717, 1.165) is 33.2 Å². The van der Waals surface area contributed by atoms with Crippen molar-refractivity contribution >= 4 is 86.0 Å². The number of aromatic nitrogens is 4. The number of hydrogen-bond acceptors (Lipinski definition) is 3. The smallest absolute Gasteiger partial charge is 0.235 e. The predicted octanol–water partition coefficient (Wildman–Crippen LogP) is 13.5. The number of fused-ring (bicyclic) bond motifs is 15. The maximum absolute atomic E-state index is 5.54. The Morgan fingerprint density at radius 1 is 0.382 bits per heavy atom. The van der Waals surface area contributed by atoms with Crippen molar-refractivity contribution in [2.24, 2.45) is 0 Å². The standard InChI is InChI=1S/C50H28N4S/c1-2-14-30-29(13-1)31-15-4-8-24-42(31)53-44-27-39-32-16-5-9-25-43(32)54(45(39)28-40(44)35-20-11-19-34(30)48(35)53)50-51-41-23-7-3-18-37(41)47(52-50)38-22-12-21-36-33-17-6-10-26-46(33)55-49(36)38/h1-28H. The highest BCUT2D eigenvalue weighted by atomic mass is 32.1. The molecular formula is C50H28N4S. The number of rotatable bonds is 2. The SMILES string of the molecule is c1ccc2c(c1)-c1ccccc1-n1c3cc4c5ccccc5n(-c5nc(-c6cccc7c6sc6ccccc67)c6ccccc6n5)c4cc3c3cccc-2c31. The van der Waals surface area contributed by atoms with Crippen molar-refractivity contribution < 1.29 is 0 Å². The second-order valence-corrected chi connectivity index (χ2v) is 15.6. The van der Waals surface area contributed by atoms with Crippen LogP contribution in [0.4, 0.5) is 0 Å². The second kappa shape index (κ2) is 10.8. The normalized spacial score (nSPS) is 12.4. The number of thiophene rings is 1. The molecule has 0 aliphatic carbocycles. The lowest BCUT2D eigenvalue weighted by atomic mass is 9.94. The largest absolute Gasteiger partial charge is 0.308 e. The van der Waals surface area contributed by atoms with Crippen LogP contribution >= 0.6 is 11.3 Å². The van der Waals surface area contributed by atoms with Crippen LogP contribution in [0.1, 0.15) is 0 Å². The van der Waals surface area contributed by atoms with Gasteiger partial charge in [0.1, 0.15) is 0 Å². The average Bonchev–Trinajstić information content (AvgIpc) is 3.87. The van der Waals surface area contributed by atoms with Crippen molar-refractivity contribution in [3.8, 4) is 45.1 Å². The highest BCUT2D eigenvalue weighted by molar-refractivity contribution is 7.26. The molecule has 254 valence electrons. The first-order valence-corrected chi connectivity index (χ1v) is 19.5. The molecule has 0 amide bonds. The Morgan fingerprint density at radius 3 is 1.85 bits per heavy atom. The predicted molar refractivity (Wildman–Crippen MR) is 231 cm³/mol. The molecule has 0 saturated heterocycles. The monoisotopic (exact) mass is 716 g/mol. The van der Waals surface area contributed by atoms with Crippen LogP contribution in [0, 0.1) is 0 Å². The third-order valence-corrected chi connectivity index (χ3v) is 12.9. The van der Waals surface area contributed by atoms with Crippen LogP contribution in [0.3, 0.4) is 0 Å². The van der Waals surface area contributed by atoms with Gasteiger partial charge in [-0.05, 0) is 47.5 Å². The Morgan fingerprint density at radius 2 is 0.982 bits per heavy atom. The molecule has 55 heavy (non-hydrogen) atoms. The Balaban J connectivity index is 1.15. The first kappa shape index (κ1) is 29.4. The van der Waals surface area contributed by atoms with Gasteiger partial charge >= 0.3 is 0 Å². The summed E-state index contributed by atoms with van der Waals surface area (Å²) in [6.45, 7) is 0. The first-order valence-electron chi connectivity index (χ1n) is 18.7. The molecule has 4 nitrogen and oxygen atoms in total. The fourth-order valence-electron chi connectivity index (χ4n) is 9.36. The van der Waals surface area contributed by atoms with E-state index in [1.165, 1.54) is 80.7 Å². The van der Waals surface area contributed by atoms with Gasteiger partial charge in [0.05, 0.1) is 39.0 Å². The van der Waals surface area contributed by atoms with E-state index in [-0.39, 0.29) is 0 Å². The fraction of sp³-hybridized carbons (Fsp3) is 0. The molecule has 0 radical (unpaired) electrons. The van der Waals surface area contributed by atoms with Crippen LogP contribution in [0.5, 0.6) is 0 Å². The van der Waals surface area contributed by atoms with Gasteiger partial charge in [0.15, 0.2) is 0 Å². The lowest BCUT2D eigenvalue weighted by Gasteiger charge is -2.13. The molecule has 0 bridgehead atoms. The van der Waals surface area contributed by atoms with Crippen LogP contribution in [-0.4, -0.2) is 19.1 Å². The molecule has 8 aromatic carbocycles. The summed E-state index contributed by atoms with van der Waals surface area (Å²) < 4.78 is 7.31.